The van der Waals surface area contributed by atoms with E-state index in [1.165, 1.54) is 0 Å². The van der Waals surface area contributed by atoms with Gasteiger partial charge in [0.05, 0.1) is 24.1 Å². The second-order valence-corrected chi connectivity index (χ2v) is 5.98. The number of benzene rings is 1. The number of rotatable bonds is 2. The number of H-pyrrole nitrogens is 1. The monoisotopic (exact) mass is 313 g/mol. The number of aromatic nitrogens is 2. The van der Waals surface area contributed by atoms with Gasteiger partial charge in [0.25, 0.3) is 5.56 Å². The van der Waals surface area contributed by atoms with Crippen LogP contribution in [0.4, 0.5) is 5.95 Å². The molecule has 112 valence electrons. The van der Waals surface area contributed by atoms with Crippen molar-refractivity contribution in [3.8, 4) is 11.1 Å². The summed E-state index contributed by atoms with van der Waals surface area (Å²) in [7, 11) is 0. The van der Waals surface area contributed by atoms with Crippen molar-refractivity contribution < 1.29 is 4.74 Å². The van der Waals surface area contributed by atoms with Crippen LogP contribution >= 0.6 is 11.3 Å². The van der Waals surface area contributed by atoms with Crippen molar-refractivity contribution in [3.05, 3.63) is 45.4 Å². The molecule has 5 nitrogen and oxygen atoms in total. The van der Waals surface area contributed by atoms with E-state index in [0.29, 0.717) is 24.5 Å². The number of hydrogen-bond acceptors (Lipinski definition) is 5. The van der Waals surface area contributed by atoms with Crippen LogP contribution in [0.15, 0.2) is 39.8 Å². The number of fused-ring (bicyclic) bond motifs is 1. The van der Waals surface area contributed by atoms with Crippen molar-refractivity contribution in [2.45, 2.75) is 0 Å². The van der Waals surface area contributed by atoms with Crippen LogP contribution in [-0.2, 0) is 4.74 Å². The van der Waals surface area contributed by atoms with Gasteiger partial charge in [-0.05, 0) is 28.5 Å². The lowest BCUT2D eigenvalue weighted by Crippen LogP contribution is -2.38. The molecule has 6 heteroatoms. The number of aromatic amines is 1. The normalized spacial score (nSPS) is 15.4. The number of thiophene rings is 1. The molecule has 0 radical (unpaired) electrons. The Labute approximate surface area is 131 Å². The molecule has 0 spiro atoms. The summed E-state index contributed by atoms with van der Waals surface area (Å²) >= 11 is 1.64. The molecule has 2 aromatic heterocycles. The Balaban J connectivity index is 1.91. The Morgan fingerprint density at radius 2 is 2.09 bits per heavy atom. The van der Waals surface area contributed by atoms with Crippen molar-refractivity contribution in [3.63, 3.8) is 0 Å². The molecule has 0 aliphatic carbocycles. The minimum Gasteiger partial charge on any atom is -0.378 e. The van der Waals surface area contributed by atoms with Gasteiger partial charge in [-0.15, -0.1) is 0 Å². The summed E-state index contributed by atoms with van der Waals surface area (Å²) in [6.07, 6.45) is 0. The Morgan fingerprint density at radius 3 is 2.86 bits per heavy atom. The number of morpholine rings is 1. The van der Waals surface area contributed by atoms with Gasteiger partial charge in [0.2, 0.25) is 5.95 Å². The molecule has 1 saturated heterocycles. The highest BCUT2D eigenvalue weighted by molar-refractivity contribution is 7.08. The molecule has 1 N–H and O–H groups in total. The summed E-state index contributed by atoms with van der Waals surface area (Å²) in [6, 6.07) is 7.79. The van der Waals surface area contributed by atoms with Gasteiger partial charge in [-0.2, -0.15) is 11.3 Å². The fourth-order valence-electron chi connectivity index (χ4n) is 2.73. The standard InChI is InChI=1S/C16H15N3O2S/c20-15-13-3-1-2-12(11-4-9-22-10-11)14(13)17-16(18-15)19-5-7-21-8-6-19/h1-4,9-10H,5-8H2,(H,17,18,20). The van der Waals surface area contributed by atoms with Crippen LogP contribution in [0.3, 0.4) is 0 Å². The number of ether oxygens (including phenoxy) is 1. The van der Waals surface area contributed by atoms with Gasteiger partial charge in [-0.1, -0.05) is 12.1 Å². The number of anilines is 1. The van der Waals surface area contributed by atoms with E-state index in [1.54, 1.807) is 11.3 Å². The number of hydrogen-bond donors (Lipinski definition) is 1. The van der Waals surface area contributed by atoms with Crippen molar-refractivity contribution >= 4 is 28.2 Å². The highest BCUT2D eigenvalue weighted by Crippen LogP contribution is 2.28. The van der Waals surface area contributed by atoms with E-state index in [4.69, 9.17) is 9.72 Å². The lowest BCUT2D eigenvalue weighted by molar-refractivity contribution is 0.122. The van der Waals surface area contributed by atoms with Gasteiger partial charge in [0.15, 0.2) is 0 Å². The lowest BCUT2D eigenvalue weighted by atomic mass is 10.1. The zero-order valence-electron chi connectivity index (χ0n) is 11.9. The summed E-state index contributed by atoms with van der Waals surface area (Å²) in [5.41, 5.74) is 2.76. The second-order valence-electron chi connectivity index (χ2n) is 5.20. The summed E-state index contributed by atoms with van der Waals surface area (Å²) in [4.78, 5) is 22.1. The molecule has 1 aliphatic heterocycles. The molecular formula is C16H15N3O2S. The van der Waals surface area contributed by atoms with E-state index in [9.17, 15) is 4.79 Å². The topological polar surface area (TPSA) is 58.2 Å². The van der Waals surface area contributed by atoms with E-state index in [1.807, 2.05) is 23.6 Å². The van der Waals surface area contributed by atoms with E-state index in [0.717, 1.165) is 29.7 Å². The van der Waals surface area contributed by atoms with Gasteiger partial charge < -0.3 is 9.64 Å². The minimum absolute atomic E-state index is 0.0939. The van der Waals surface area contributed by atoms with Crippen molar-refractivity contribution in [1.29, 1.82) is 0 Å². The molecule has 0 amide bonds. The summed E-state index contributed by atoms with van der Waals surface area (Å²) in [5, 5.41) is 4.73. The number of nitrogens with one attached hydrogen (secondary N) is 1. The third kappa shape index (κ3) is 2.30. The first-order valence-electron chi connectivity index (χ1n) is 7.21. The lowest BCUT2D eigenvalue weighted by Gasteiger charge is -2.27. The van der Waals surface area contributed by atoms with Crippen LogP contribution < -0.4 is 10.5 Å². The Hall–Kier alpha value is -2.18. The van der Waals surface area contributed by atoms with Crippen LogP contribution in [0.1, 0.15) is 0 Å². The zero-order chi connectivity index (χ0) is 14.9. The molecule has 3 heterocycles. The summed E-state index contributed by atoms with van der Waals surface area (Å²) in [5.74, 6) is 0.628. The quantitative estimate of drug-likeness (QED) is 0.790. The van der Waals surface area contributed by atoms with Crippen molar-refractivity contribution in [2.24, 2.45) is 0 Å². The highest BCUT2D eigenvalue weighted by Gasteiger charge is 2.16. The minimum atomic E-state index is -0.0939. The summed E-state index contributed by atoms with van der Waals surface area (Å²) < 4.78 is 5.36. The maximum atomic E-state index is 12.4. The van der Waals surface area contributed by atoms with E-state index >= 15 is 0 Å². The van der Waals surface area contributed by atoms with Crippen LogP contribution in [0.5, 0.6) is 0 Å². The molecule has 1 aliphatic rings. The van der Waals surface area contributed by atoms with Crippen LogP contribution in [0, 0.1) is 0 Å². The van der Waals surface area contributed by atoms with E-state index in [-0.39, 0.29) is 5.56 Å². The fourth-order valence-corrected chi connectivity index (χ4v) is 3.38. The molecule has 1 aromatic carbocycles. The third-order valence-corrected chi connectivity index (χ3v) is 4.55. The largest absolute Gasteiger partial charge is 0.378 e. The first kappa shape index (κ1) is 13.5. The molecule has 0 saturated carbocycles. The van der Waals surface area contributed by atoms with Gasteiger partial charge in [-0.3, -0.25) is 9.78 Å². The third-order valence-electron chi connectivity index (χ3n) is 3.87. The number of para-hydroxylation sites is 1. The Bertz CT molecular complexity index is 851. The molecule has 4 rings (SSSR count). The molecule has 0 unspecified atom stereocenters. The maximum Gasteiger partial charge on any atom is 0.260 e. The van der Waals surface area contributed by atoms with Gasteiger partial charge in [0, 0.05) is 18.7 Å². The fraction of sp³-hybridized carbons (Fsp3) is 0.250. The smallest absolute Gasteiger partial charge is 0.260 e. The van der Waals surface area contributed by atoms with Crippen LogP contribution in [-0.4, -0.2) is 36.3 Å². The zero-order valence-corrected chi connectivity index (χ0v) is 12.7. The molecule has 22 heavy (non-hydrogen) atoms. The number of nitrogens with zero attached hydrogens (tertiary/aromatic N) is 2. The maximum absolute atomic E-state index is 12.4. The van der Waals surface area contributed by atoms with E-state index in [2.05, 4.69) is 21.3 Å². The SMILES string of the molecule is O=c1[nH]c(N2CCOCC2)nc2c(-c3ccsc3)cccc12. The average Bonchev–Trinajstić information content (AvgIpc) is 3.09. The summed E-state index contributed by atoms with van der Waals surface area (Å²) in [6.45, 7) is 2.81. The second kappa shape index (κ2) is 5.55. The molecule has 0 bridgehead atoms. The molecule has 0 atom stereocenters. The van der Waals surface area contributed by atoms with E-state index < -0.39 is 0 Å². The van der Waals surface area contributed by atoms with Crippen LogP contribution in [0.25, 0.3) is 22.0 Å². The Kier molecular flexibility index (Phi) is 3.40. The first-order valence-corrected chi connectivity index (χ1v) is 8.15. The first-order chi connectivity index (χ1) is 10.8. The van der Waals surface area contributed by atoms with Crippen molar-refractivity contribution in [1.82, 2.24) is 9.97 Å². The molecular weight excluding hydrogens is 298 g/mol. The Morgan fingerprint density at radius 1 is 1.23 bits per heavy atom. The van der Waals surface area contributed by atoms with Gasteiger partial charge in [-0.25, -0.2) is 4.98 Å². The molecule has 3 aromatic rings. The van der Waals surface area contributed by atoms with Gasteiger partial charge >= 0.3 is 0 Å². The van der Waals surface area contributed by atoms with Crippen molar-refractivity contribution in [2.75, 3.05) is 31.2 Å². The van der Waals surface area contributed by atoms with Crippen LogP contribution in [0.2, 0.25) is 0 Å². The predicted molar refractivity (Wildman–Crippen MR) is 88.7 cm³/mol. The molecule has 1 fully saturated rings. The van der Waals surface area contributed by atoms with Gasteiger partial charge in [0.1, 0.15) is 0 Å². The highest BCUT2D eigenvalue weighted by atomic mass is 32.1. The average molecular weight is 313 g/mol. The predicted octanol–water partition coefficient (Wildman–Crippen LogP) is 2.49.